The highest BCUT2D eigenvalue weighted by Gasteiger charge is 2.37. The molecule has 3 aromatic carbocycles. The average Bonchev–Trinajstić information content (AvgIpc) is 2.71. The zero-order valence-corrected chi connectivity index (χ0v) is 17.9. The van der Waals surface area contributed by atoms with Crippen LogP contribution in [0.15, 0.2) is 59.8 Å². The van der Waals surface area contributed by atoms with Crippen molar-refractivity contribution in [2.24, 2.45) is 5.16 Å². The molecule has 4 nitrogen and oxygen atoms in total. The lowest BCUT2D eigenvalue weighted by Gasteiger charge is -2.42. The van der Waals surface area contributed by atoms with Crippen LogP contribution in [0.25, 0.3) is 10.8 Å². The molecule has 0 fully saturated rings. The summed E-state index contributed by atoms with van der Waals surface area (Å²) in [6, 6.07) is 17.1. The van der Waals surface area contributed by atoms with E-state index in [1.54, 1.807) is 18.2 Å². The van der Waals surface area contributed by atoms with Crippen LogP contribution >= 0.6 is 0 Å². The molecule has 0 saturated heterocycles. The van der Waals surface area contributed by atoms with Crippen LogP contribution in [0.5, 0.6) is 0 Å². The van der Waals surface area contributed by atoms with E-state index in [2.05, 4.69) is 45.0 Å². The van der Waals surface area contributed by atoms with Crippen molar-refractivity contribution in [1.82, 2.24) is 0 Å². The smallest absolute Gasteiger partial charge is 0.335 e. The summed E-state index contributed by atoms with van der Waals surface area (Å²) in [4.78, 5) is 11.2. The molecule has 1 aliphatic carbocycles. The molecule has 0 bridgehead atoms. The average molecular weight is 402 g/mol. The fourth-order valence-electron chi connectivity index (χ4n) is 4.54. The molecule has 0 aliphatic heterocycles. The zero-order chi connectivity index (χ0) is 21.7. The monoisotopic (exact) mass is 401 g/mol. The summed E-state index contributed by atoms with van der Waals surface area (Å²) in [7, 11) is 0. The number of nitrogens with zero attached hydrogens (tertiary/aromatic N) is 1. The molecule has 0 atom stereocenters. The van der Waals surface area contributed by atoms with Gasteiger partial charge in [-0.1, -0.05) is 63.2 Å². The standard InChI is InChI=1S/C26H27NO3/c1-25(2)11-12-26(3,4)22-15-19(9-10-21(22)25)23(27-30)18-7-5-17-14-20(24(28)29)8-6-16(17)13-18/h5-10,13-15,30H,11-12H2,1-4H3,(H,28,29)/b27-23-. The number of carboxylic acids is 1. The number of hydrogen-bond acceptors (Lipinski definition) is 3. The van der Waals surface area contributed by atoms with Crippen LogP contribution in [0, 0.1) is 0 Å². The Kier molecular flexibility index (Phi) is 4.69. The van der Waals surface area contributed by atoms with Crippen molar-refractivity contribution in [1.29, 1.82) is 0 Å². The summed E-state index contributed by atoms with van der Waals surface area (Å²) in [6.07, 6.45) is 2.26. The van der Waals surface area contributed by atoms with E-state index in [1.165, 1.54) is 11.1 Å². The first kappa shape index (κ1) is 20.1. The Morgan fingerprint density at radius 1 is 0.767 bits per heavy atom. The number of hydrogen-bond donors (Lipinski definition) is 2. The molecule has 0 saturated carbocycles. The Bertz CT molecular complexity index is 1190. The van der Waals surface area contributed by atoms with Gasteiger partial charge in [-0.15, -0.1) is 0 Å². The zero-order valence-electron chi connectivity index (χ0n) is 17.9. The Labute approximate surface area is 176 Å². The molecule has 0 aromatic heterocycles. The van der Waals surface area contributed by atoms with E-state index >= 15 is 0 Å². The number of benzene rings is 3. The Morgan fingerprint density at radius 2 is 1.27 bits per heavy atom. The first-order chi connectivity index (χ1) is 14.1. The third kappa shape index (κ3) is 3.36. The Hall–Kier alpha value is -3.14. The molecule has 154 valence electrons. The molecule has 0 spiro atoms. The summed E-state index contributed by atoms with van der Waals surface area (Å²) in [5.41, 5.74) is 5.31. The highest BCUT2D eigenvalue weighted by atomic mass is 16.4. The van der Waals surface area contributed by atoms with Gasteiger partial charge in [-0.25, -0.2) is 4.79 Å². The second kappa shape index (κ2) is 6.98. The molecule has 0 radical (unpaired) electrons. The number of rotatable bonds is 3. The van der Waals surface area contributed by atoms with Gasteiger partial charge in [0.2, 0.25) is 0 Å². The van der Waals surface area contributed by atoms with Crippen LogP contribution in [0.3, 0.4) is 0 Å². The molecule has 30 heavy (non-hydrogen) atoms. The van der Waals surface area contributed by atoms with Crippen LogP contribution in [-0.4, -0.2) is 22.0 Å². The largest absolute Gasteiger partial charge is 0.478 e. The maximum atomic E-state index is 11.2. The van der Waals surface area contributed by atoms with E-state index < -0.39 is 5.97 Å². The van der Waals surface area contributed by atoms with Crippen LogP contribution in [0.2, 0.25) is 0 Å². The quantitative estimate of drug-likeness (QED) is 0.316. The SMILES string of the molecule is CC1(C)CCC(C)(C)c2cc(/C(=N\O)c3ccc4cc(C(=O)O)ccc4c3)ccc21. The number of fused-ring (bicyclic) bond motifs is 2. The lowest BCUT2D eigenvalue weighted by Crippen LogP contribution is -2.34. The minimum atomic E-state index is -0.946. The van der Waals surface area contributed by atoms with Gasteiger partial charge in [-0.3, -0.25) is 0 Å². The molecule has 4 rings (SSSR count). The summed E-state index contributed by atoms with van der Waals surface area (Å²) in [6.45, 7) is 9.13. The molecule has 0 amide bonds. The molecule has 0 heterocycles. The number of carboxylic acid groups (broad SMARTS) is 1. The predicted octanol–water partition coefficient (Wildman–Crippen LogP) is 6.11. The number of aromatic carboxylic acids is 1. The van der Waals surface area contributed by atoms with E-state index in [9.17, 15) is 15.1 Å². The van der Waals surface area contributed by atoms with Gasteiger partial charge in [-0.05, 0) is 69.8 Å². The maximum Gasteiger partial charge on any atom is 0.335 e. The minimum absolute atomic E-state index is 0.0675. The summed E-state index contributed by atoms with van der Waals surface area (Å²) < 4.78 is 0. The summed E-state index contributed by atoms with van der Waals surface area (Å²) >= 11 is 0. The molecular formula is C26H27NO3. The molecular weight excluding hydrogens is 374 g/mol. The van der Waals surface area contributed by atoms with Gasteiger partial charge in [0.25, 0.3) is 0 Å². The number of oxime groups is 1. The van der Waals surface area contributed by atoms with E-state index in [4.69, 9.17) is 0 Å². The molecule has 0 unspecified atom stereocenters. The van der Waals surface area contributed by atoms with Gasteiger partial charge in [0.05, 0.1) is 5.56 Å². The molecule has 4 heteroatoms. The molecule has 1 aliphatic rings. The van der Waals surface area contributed by atoms with Gasteiger partial charge in [0, 0.05) is 11.1 Å². The maximum absolute atomic E-state index is 11.2. The van der Waals surface area contributed by atoms with E-state index in [0.717, 1.165) is 34.7 Å². The summed E-state index contributed by atoms with van der Waals surface area (Å²) in [5.74, 6) is -0.946. The second-order valence-electron chi connectivity index (χ2n) is 9.56. The van der Waals surface area contributed by atoms with Crippen LogP contribution in [0.4, 0.5) is 0 Å². The Balaban J connectivity index is 1.80. The summed E-state index contributed by atoms with van der Waals surface area (Å²) in [5, 5.41) is 24.4. The molecule has 2 N–H and O–H groups in total. The second-order valence-corrected chi connectivity index (χ2v) is 9.56. The highest BCUT2D eigenvalue weighted by molar-refractivity contribution is 6.14. The highest BCUT2D eigenvalue weighted by Crippen LogP contribution is 2.46. The molecule has 3 aromatic rings. The number of carbonyl (C=O) groups is 1. The van der Waals surface area contributed by atoms with Gasteiger partial charge >= 0.3 is 5.97 Å². The normalized spacial score (nSPS) is 17.5. The van der Waals surface area contributed by atoms with Crippen molar-refractivity contribution in [2.45, 2.75) is 51.4 Å². The van der Waals surface area contributed by atoms with E-state index in [0.29, 0.717) is 5.71 Å². The first-order valence-electron chi connectivity index (χ1n) is 10.3. The van der Waals surface area contributed by atoms with Crippen LogP contribution in [-0.2, 0) is 10.8 Å². The van der Waals surface area contributed by atoms with Crippen molar-refractivity contribution in [3.63, 3.8) is 0 Å². The predicted molar refractivity (Wildman–Crippen MR) is 120 cm³/mol. The topological polar surface area (TPSA) is 69.9 Å². The van der Waals surface area contributed by atoms with E-state index in [1.807, 2.05) is 24.3 Å². The van der Waals surface area contributed by atoms with Crippen molar-refractivity contribution < 1.29 is 15.1 Å². The first-order valence-corrected chi connectivity index (χ1v) is 10.3. The lowest BCUT2D eigenvalue weighted by atomic mass is 9.63. The van der Waals surface area contributed by atoms with Crippen molar-refractivity contribution in [3.8, 4) is 0 Å². The van der Waals surface area contributed by atoms with Crippen LogP contribution in [0.1, 0.15) is 73.1 Å². The van der Waals surface area contributed by atoms with Crippen LogP contribution < -0.4 is 0 Å². The van der Waals surface area contributed by atoms with Crippen molar-refractivity contribution in [2.75, 3.05) is 0 Å². The van der Waals surface area contributed by atoms with Gasteiger partial charge in [0.15, 0.2) is 0 Å². The lowest BCUT2D eigenvalue weighted by molar-refractivity contribution is 0.0697. The fourth-order valence-corrected chi connectivity index (χ4v) is 4.54. The third-order valence-corrected chi connectivity index (χ3v) is 6.59. The van der Waals surface area contributed by atoms with Crippen molar-refractivity contribution >= 4 is 22.5 Å². The van der Waals surface area contributed by atoms with E-state index in [-0.39, 0.29) is 16.4 Å². The van der Waals surface area contributed by atoms with Gasteiger partial charge in [0.1, 0.15) is 5.71 Å². The van der Waals surface area contributed by atoms with Crippen molar-refractivity contribution in [3.05, 3.63) is 82.4 Å². The Morgan fingerprint density at radius 3 is 1.87 bits per heavy atom. The minimum Gasteiger partial charge on any atom is -0.478 e. The third-order valence-electron chi connectivity index (χ3n) is 6.59. The van der Waals surface area contributed by atoms with Gasteiger partial charge < -0.3 is 10.3 Å². The van der Waals surface area contributed by atoms with Gasteiger partial charge in [-0.2, -0.15) is 0 Å². The fraction of sp³-hybridized carbons (Fsp3) is 0.308.